The monoisotopic (exact) mass is 383 g/mol. The Balaban J connectivity index is 1.90. The molecule has 0 spiro atoms. The van der Waals surface area contributed by atoms with Crippen LogP contribution in [0.15, 0.2) is 48.5 Å². The molecule has 2 N–H and O–H groups in total. The van der Waals surface area contributed by atoms with Crippen LogP contribution >= 0.6 is 0 Å². The van der Waals surface area contributed by atoms with Crippen LogP contribution in [0.4, 0.5) is 17.1 Å². The van der Waals surface area contributed by atoms with E-state index in [1.807, 2.05) is 24.3 Å². The van der Waals surface area contributed by atoms with Crippen molar-refractivity contribution in [3.05, 3.63) is 54.1 Å². The maximum Gasteiger partial charge on any atom is 0.337 e. The lowest BCUT2D eigenvalue weighted by Gasteiger charge is -2.21. The zero-order valence-corrected chi connectivity index (χ0v) is 16.3. The number of carbonyl (C=O) groups excluding carboxylic acids is 3. The number of ether oxygens (including phenoxy) is 1. The summed E-state index contributed by atoms with van der Waals surface area (Å²) in [6.07, 6.45) is -0.333. The van der Waals surface area contributed by atoms with Crippen LogP contribution in [0.25, 0.3) is 0 Å². The first-order valence-electron chi connectivity index (χ1n) is 9.09. The van der Waals surface area contributed by atoms with E-state index in [0.29, 0.717) is 16.9 Å². The molecule has 0 aromatic heterocycles. The molecule has 0 atom stereocenters. The second-order valence-corrected chi connectivity index (χ2v) is 6.06. The zero-order valence-electron chi connectivity index (χ0n) is 16.3. The Labute approximate surface area is 164 Å². The van der Waals surface area contributed by atoms with Gasteiger partial charge in [-0.1, -0.05) is 6.07 Å². The van der Waals surface area contributed by atoms with Crippen LogP contribution in [-0.4, -0.2) is 38.0 Å². The Kier molecular flexibility index (Phi) is 7.56. The summed E-state index contributed by atoms with van der Waals surface area (Å²) in [6, 6.07) is 13.8. The maximum absolute atomic E-state index is 12.1. The van der Waals surface area contributed by atoms with Gasteiger partial charge in [-0.2, -0.15) is 0 Å². The number of amides is 2. The molecule has 0 bridgehead atoms. The van der Waals surface area contributed by atoms with Gasteiger partial charge in [-0.3, -0.25) is 9.59 Å². The Morgan fingerprint density at radius 1 is 0.893 bits per heavy atom. The van der Waals surface area contributed by atoms with Crippen LogP contribution in [0.2, 0.25) is 0 Å². The Bertz CT molecular complexity index is 830. The van der Waals surface area contributed by atoms with E-state index in [1.165, 1.54) is 13.2 Å². The quantitative estimate of drug-likeness (QED) is 0.539. The van der Waals surface area contributed by atoms with Crippen LogP contribution in [0, 0.1) is 0 Å². The normalized spacial score (nSPS) is 10.1. The molecular formula is C21H25N3O4. The highest BCUT2D eigenvalue weighted by Crippen LogP contribution is 2.18. The van der Waals surface area contributed by atoms with Crippen molar-refractivity contribution < 1.29 is 19.1 Å². The van der Waals surface area contributed by atoms with Crippen molar-refractivity contribution >= 4 is 34.8 Å². The van der Waals surface area contributed by atoms with Gasteiger partial charge in [0.2, 0.25) is 11.8 Å². The predicted molar refractivity (Wildman–Crippen MR) is 110 cm³/mol. The van der Waals surface area contributed by atoms with E-state index >= 15 is 0 Å². The number of nitrogens with zero attached hydrogens (tertiary/aromatic N) is 1. The van der Waals surface area contributed by atoms with Gasteiger partial charge in [-0.15, -0.1) is 0 Å². The Morgan fingerprint density at radius 2 is 1.50 bits per heavy atom. The average molecular weight is 383 g/mol. The molecule has 7 nitrogen and oxygen atoms in total. The van der Waals surface area contributed by atoms with E-state index in [0.717, 1.165) is 18.8 Å². The van der Waals surface area contributed by atoms with Crippen LogP contribution in [0.5, 0.6) is 0 Å². The van der Waals surface area contributed by atoms with Gasteiger partial charge in [-0.05, 0) is 56.3 Å². The molecule has 0 heterocycles. The van der Waals surface area contributed by atoms with Gasteiger partial charge < -0.3 is 20.3 Å². The van der Waals surface area contributed by atoms with Gasteiger partial charge in [0.15, 0.2) is 0 Å². The zero-order chi connectivity index (χ0) is 20.5. The fourth-order valence-electron chi connectivity index (χ4n) is 2.74. The molecule has 0 aliphatic heterocycles. The number of hydrogen-bond donors (Lipinski definition) is 2. The van der Waals surface area contributed by atoms with E-state index in [2.05, 4.69) is 34.1 Å². The molecule has 0 unspecified atom stereocenters. The number of hydrogen-bond acceptors (Lipinski definition) is 5. The molecule has 0 saturated heterocycles. The number of nitrogens with one attached hydrogen (secondary N) is 2. The number of benzene rings is 2. The van der Waals surface area contributed by atoms with Crippen molar-refractivity contribution in [3.8, 4) is 0 Å². The minimum absolute atomic E-state index is 0.318. The first kappa shape index (κ1) is 21.0. The molecule has 7 heteroatoms. The van der Waals surface area contributed by atoms with E-state index in [-0.39, 0.29) is 6.42 Å². The minimum atomic E-state index is -0.498. The Morgan fingerprint density at radius 3 is 2.07 bits per heavy atom. The van der Waals surface area contributed by atoms with Crippen molar-refractivity contribution in [1.29, 1.82) is 0 Å². The van der Waals surface area contributed by atoms with Crippen molar-refractivity contribution in [2.24, 2.45) is 0 Å². The van der Waals surface area contributed by atoms with Gasteiger partial charge in [-0.25, -0.2) is 4.79 Å². The minimum Gasteiger partial charge on any atom is -0.465 e. The summed E-state index contributed by atoms with van der Waals surface area (Å²) in [5.74, 6) is -1.39. The number of methoxy groups -OCH3 is 1. The summed E-state index contributed by atoms with van der Waals surface area (Å²) in [6.45, 7) is 5.97. The second-order valence-electron chi connectivity index (χ2n) is 6.06. The fraction of sp³-hybridized carbons (Fsp3) is 0.286. The van der Waals surface area contributed by atoms with E-state index in [4.69, 9.17) is 0 Å². The van der Waals surface area contributed by atoms with Gasteiger partial charge in [0, 0.05) is 30.2 Å². The maximum atomic E-state index is 12.1. The molecule has 2 rings (SSSR count). The smallest absolute Gasteiger partial charge is 0.337 e. The van der Waals surface area contributed by atoms with Crippen LogP contribution in [0.3, 0.4) is 0 Å². The third kappa shape index (κ3) is 5.84. The summed E-state index contributed by atoms with van der Waals surface area (Å²) >= 11 is 0. The number of esters is 1. The second kappa shape index (κ2) is 10.1. The van der Waals surface area contributed by atoms with E-state index in [1.54, 1.807) is 18.2 Å². The van der Waals surface area contributed by atoms with E-state index in [9.17, 15) is 14.4 Å². The highest BCUT2D eigenvalue weighted by Gasteiger charge is 2.12. The fourth-order valence-corrected chi connectivity index (χ4v) is 2.74. The van der Waals surface area contributed by atoms with Crippen LogP contribution < -0.4 is 15.5 Å². The predicted octanol–water partition coefficient (Wildman–Crippen LogP) is 3.29. The lowest BCUT2D eigenvalue weighted by atomic mass is 10.2. The largest absolute Gasteiger partial charge is 0.465 e. The lowest BCUT2D eigenvalue weighted by Crippen LogP contribution is -2.22. The molecule has 2 aromatic rings. The molecule has 28 heavy (non-hydrogen) atoms. The summed E-state index contributed by atoms with van der Waals surface area (Å²) in [7, 11) is 1.28. The topological polar surface area (TPSA) is 87.7 Å². The Hall–Kier alpha value is -3.35. The molecule has 2 amide bonds. The highest BCUT2D eigenvalue weighted by molar-refractivity contribution is 6.08. The van der Waals surface area contributed by atoms with Crippen molar-refractivity contribution in [3.63, 3.8) is 0 Å². The molecule has 0 aliphatic carbocycles. The summed E-state index contributed by atoms with van der Waals surface area (Å²) in [5.41, 5.74) is 2.44. The van der Waals surface area contributed by atoms with Crippen molar-refractivity contribution in [2.45, 2.75) is 20.3 Å². The summed E-state index contributed by atoms with van der Waals surface area (Å²) in [5, 5.41) is 5.31. The number of rotatable bonds is 8. The molecular weight excluding hydrogens is 358 g/mol. The molecule has 148 valence electrons. The number of carbonyl (C=O) groups is 3. The van der Waals surface area contributed by atoms with Crippen molar-refractivity contribution in [1.82, 2.24) is 0 Å². The molecule has 0 fully saturated rings. The summed E-state index contributed by atoms with van der Waals surface area (Å²) in [4.78, 5) is 37.9. The molecule has 0 aliphatic rings. The van der Waals surface area contributed by atoms with E-state index < -0.39 is 17.8 Å². The third-order valence-corrected chi connectivity index (χ3v) is 4.17. The third-order valence-electron chi connectivity index (χ3n) is 4.17. The molecule has 0 saturated carbocycles. The first-order valence-corrected chi connectivity index (χ1v) is 9.09. The van der Waals surface area contributed by atoms with Crippen LogP contribution in [-0.2, 0) is 14.3 Å². The van der Waals surface area contributed by atoms with Gasteiger partial charge in [0.1, 0.15) is 6.42 Å². The first-order chi connectivity index (χ1) is 13.5. The standard InChI is InChI=1S/C21H25N3O4/c1-4-24(5-2)18-11-9-16(10-12-18)22-19(25)14-20(26)23-17-8-6-7-15(13-17)21(27)28-3/h6-13H,4-5,14H2,1-3H3,(H,22,25)(H,23,26). The molecule has 0 radical (unpaired) electrons. The average Bonchev–Trinajstić information content (AvgIpc) is 2.69. The van der Waals surface area contributed by atoms with Gasteiger partial charge >= 0.3 is 5.97 Å². The molecule has 2 aromatic carbocycles. The van der Waals surface area contributed by atoms with Gasteiger partial charge in [0.05, 0.1) is 12.7 Å². The van der Waals surface area contributed by atoms with Crippen LogP contribution in [0.1, 0.15) is 30.6 Å². The van der Waals surface area contributed by atoms with Crippen molar-refractivity contribution in [2.75, 3.05) is 35.7 Å². The van der Waals surface area contributed by atoms with Gasteiger partial charge in [0.25, 0.3) is 0 Å². The highest BCUT2D eigenvalue weighted by atomic mass is 16.5. The number of anilines is 3. The summed E-state index contributed by atoms with van der Waals surface area (Å²) < 4.78 is 4.65. The lowest BCUT2D eigenvalue weighted by molar-refractivity contribution is -0.123. The SMILES string of the molecule is CCN(CC)c1ccc(NC(=O)CC(=O)Nc2cccc(C(=O)OC)c2)cc1.